The zero-order valence-corrected chi connectivity index (χ0v) is 14.2. The van der Waals surface area contributed by atoms with Crippen LogP contribution in [-0.2, 0) is 4.79 Å². The first-order valence-corrected chi connectivity index (χ1v) is 7.67. The van der Waals surface area contributed by atoms with Gasteiger partial charge in [0.25, 0.3) is 0 Å². The van der Waals surface area contributed by atoms with Crippen LogP contribution in [-0.4, -0.2) is 11.1 Å². The molecule has 3 nitrogen and oxygen atoms in total. The van der Waals surface area contributed by atoms with Gasteiger partial charge in [-0.3, -0.25) is 0 Å². The maximum atomic E-state index is 13.4. The summed E-state index contributed by atoms with van der Waals surface area (Å²) < 4.78 is 15.0. The second kappa shape index (κ2) is 6.58. The molecule has 0 spiro atoms. The number of hydrogen-bond acceptors (Lipinski definition) is 2. The van der Waals surface area contributed by atoms with Crippen LogP contribution in [0, 0.1) is 12.7 Å². The van der Waals surface area contributed by atoms with Gasteiger partial charge in [-0.25, -0.2) is 9.18 Å². The van der Waals surface area contributed by atoms with E-state index in [4.69, 9.17) is 0 Å². The number of hydrogen-bond donors (Lipinski definition) is 2. The van der Waals surface area contributed by atoms with E-state index in [0.29, 0.717) is 11.3 Å². The van der Waals surface area contributed by atoms with E-state index in [1.165, 1.54) is 12.1 Å². The Kier molecular flexibility index (Phi) is 5.00. The minimum atomic E-state index is -1.04. The maximum Gasteiger partial charge on any atom is 0.330 e. The van der Waals surface area contributed by atoms with Gasteiger partial charge in [0.2, 0.25) is 0 Å². The number of carboxylic acids is 1. The topological polar surface area (TPSA) is 49.3 Å². The van der Waals surface area contributed by atoms with Crippen LogP contribution in [0.15, 0.2) is 45.3 Å². The van der Waals surface area contributed by atoms with Gasteiger partial charge in [-0.2, -0.15) is 0 Å². The summed E-state index contributed by atoms with van der Waals surface area (Å²) in [5, 5.41) is 12.3. The Balaban J connectivity index is 2.35. The summed E-state index contributed by atoms with van der Waals surface area (Å²) in [6.45, 7) is 1.75. The molecule has 2 aromatic carbocycles. The largest absolute Gasteiger partial charge is 0.479 e. The zero-order chi connectivity index (χ0) is 15.6. The van der Waals surface area contributed by atoms with Crippen LogP contribution in [0.25, 0.3) is 0 Å². The minimum Gasteiger partial charge on any atom is -0.479 e. The molecule has 0 radical (unpaired) electrons. The first kappa shape index (κ1) is 16.0. The second-order valence-corrected chi connectivity index (χ2v) is 6.32. The van der Waals surface area contributed by atoms with Crippen LogP contribution in [0.4, 0.5) is 10.1 Å². The standard InChI is InChI=1S/C15H12Br2FNO2/c1-8-4-10(18)7-11(5-8)19-14(15(20)21)9-2-3-12(16)13(17)6-9/h2-7,14,19H,1H3,(H,20,21). The van der Waals surface area contributed by atoms with E-state index >= 15 is 0 Å². The number of aryl methyl sites for hydroxylation is 1. The van der Waals surface area contributed by atoms with E-state index in [1.54, 1.807) is 31.2 Å². The van der Waals surface area contributed by atoms with Crippen LogP contribution >= 0.6 is 31.9 Å². The van der Waals surface area contributed by atoms with Gasteiger partial charge in [-0.05, 0) is 80.2 Å². The second-order valence-electron chi connectivity index (χ2n) is 4.61. The number of halogens is 3. The van der Waals surface area contributed by atoms with E-state index in [-0.39, 0.29) is 0 Å². The summed E-state index contributed by atoms with van der Waals surface area (Å²) in [6, 6.07) is 8.57. The fourth-order valence-electron chi connectivity index (χ4n) is 1.97. The van der Waals surface area contributed by atoms with Crippen molar-refractivity contribution in [3.8, 4) is 0 Å². The number of rotatable bonds is 4. The number of nitrogens with one attached hydrogen (secondary N) is 1. The molecular weight excluding hydrogens is 405 g/mol. The normalized spacial score (nSPS) is 12.0. The summed E-state index contributed by atoms with van der Waals surface area (Å²) in [5.74, 6) is -1.44. The molecule has 0 fully saturated rings. The van der Waals surface area contributed by atoms with Gasteiger partial charge in [-0.15, -0.1) is 0 Å². The van der Waals surface area contributed by atoms with Gasteiger partial charge < -0.3 is 10.4 Å². The number of carbonyl (C=O) groups is 1. The Bertz CT molecular complexity index is 671. The molecule has 0 bridgehead atoms. The van der Waals surface area contributed by atoms with Crippen molar-refractivity contribution >= 4 is 43.5 Å². The van der Waals surface area contributed by atoms with Crippen LogP contribution in [0.5, 0.6) is 0 Å². The smallest absolute Gasteiger partial charge is 0.330 e. The monoisotopic (exact) mass is 415 g/mol. The highest BCUT2D eigenvalue weighted by molar-refractivity contribution is 9.13. The van der Waals surface area contributed by atoms with Gasteiger partial charge in [0.15, 0.2) is 6.04 Å². The summed E-state index contributed by atoms with van der Waals surface area (Å²) in [5.41, 5.74) is 1.72. The minimum absolute atomic E-state index is 0.404. The highest BCUT2D eigenvalue weighted by Crippen LogP contribution is 2.28. The molecule has 2 aromatic rings. The molecule has 0 aliphatic rings. The lowest BCUT2D eigenvalue weighted by atomic mass is 10.1. The first-order valence-electron chi connectivity index (χ1n) is 6.08. The number of anilines is 1. The van der Waals surface area contributed by atoms with Crippen LogP contribution < -0.4 is 5.32 Å². The molecule has 0 aliphatic carbocycles. The SMILES string of the molecule is Cc1cc(F)cc(NC(C(=O)O)c2ccc(Br)c(Br)c2)c1. The molecule has 1 atom stereocenters. The van der Waals surface area contributed by atoms with E-state index in [0.717, 1.165) is 14.5 Å². The predicted molar refractivity (Wildman–Crippen MR) is 87.0 cm³/mol. The Hall–Kier alpha value is -1.40. The van der Waals surface area contributed by atoms with Crippen molar-refractivity contribution < 1.29 is 14.3 Å². The van der Waals surface area contributed by atoms with E-state index in [1.807, 2.05) is 0 Å². The van der Waals surface area contributed by atoms with Crippen molar-refractivity contribution in [3.63, 3.8) is 0 Å². The molecule has 0 saturated heterocycles. The summed E-state index contributed by atoms with van der Waals surface area (Å²) in [7, 11) is 0. The average Bonchev–Trinajstić information content (AvgIpc) is 2.38. The maximum absolute atomic E-state index is 13.4. The molecule has 0 amide bonds. The highest BCUT2D eigenvalue weighted by Gasteiger charge is 2.20. The molecule has 0 heterocycles. The lowest BCUT2D eigenvalue weighted by Gasteiger charge is -2.17. The third kappa shape index (κ3) is 4.04. The Morgan fingerprint density at radius 2 is 1.90 bits per heavy atom. The van der Waals surface area contributed by atoms with Gasteiger partial charge in [0.05, 0.1) is 0 Å². The lowest BCUT2D eigenvalue weighted by molar-refractivity contribution is -0.138. The molecular formula is C15H12Br2FNO2. The predicted octanol–water partition coefficient (Wildman–Crippen LogP) is 4.90. The third-order valence-electron chi connectivity index (χ3n) is 2.88. The van der Waals surface area contributed by atoms with E-state index < -0.39 is 17.8 Å². The molecule has 0 saturated carbocycles. The van der Waals surface area contributed by atoms with Crippen LogP contribution in [0.3, 0.4) is 0 Å². The van der Waals surface area contributed by atoms with Gasteiger partial charge in [-0.1, -0.05) is 6.07 Å². The van der Waals surface area contributed by atoms with Crippen molar-refractivity contribution in [3.05, 3.63) is 62.3 Å². The molecule has 21 heavy (non-hydrogen) atoms. The molecule has 0 aliphatic heterocycles. The van der Waals surface area contributed by atoms with Crippen molar-refractivity contribution in [2.24, 2.45) is 0 Å². The first-order chi connectivity index (χ1) is 9.86. The highest BCUT2D eigenvalue weighted by atomic mass is 79.9. The summed E-state index contributed by atoms with van der Waals surface area (Å²) in [4.78, 5) is 11.5. The van der Waals surface area contributed by atoms with E-state index in [2.05, 4.69) is 37.2 Å². The fraction of sp³-hybridized carbons (Fsp3) is 0.133. The fourth-order valence-corrected chi connectivity index (χ4v) is 2.61. The van der Waals surface area contributed by atoms with Gasteiger partial charge in [0, 0.05) is 14.6 Å². The van der Waals surface area contributed by atoms with Crippen LogP contribution in [0.2, 0.25) is 0 Å². The number of benzene rings is 2. The van der Waals surface area contributed by atoms with E-state index in [9.17, 15) is 14.3 Å². The average molecular weight is 417 g/mol. The van der Waals surface area contributed by atoms with Gasteiger partial charge >= 0.3 is 5.97 Å². The molecule has 2 N–H and O–H groups in total. The Morgan fingerprint density at radius 1 is 1.19 bits per heavy atom. The summed E-state index contributed by atoms with van der Waals surface area (Å²) in [6.07, 6.45) is 0. The van der Waals surface area contributed by atoms with Crippen molar-refractivity contribution in [2.75, 3.05) is 5.32 Å². The Labute approximate surface area is 138 Å². The lowest BCUT2D eigenvalue weighted by Crippen LogP contribution is -2.20. The Morgan fingerprint density at radius 3 is 2.48 bits per heavy atom. The van der Waals surface area contributed by atoms with Crippen molar-refractivity contribution in [2.45, 2.75) is 13.0 Å². The zero-order valence-electron chi connectivity index (χ0n) is 11.0. The molecule has 0 aromatic heterocycles. The molecule has 2 rings (SSSR count). The number of carboxylic acid groups (broad SMARTS) is 1. The molecule has 1 unspecified atom stereocenters. The summed E-state index contributed by atoms with van der Waals surface area (Å²) >= 11 is 6.68. The van der Waals surface area contributed by atoms with Crippen LogP contribution in [0.1, 0.15) is 17.2 Å². The van der Waals surface area contributed by atoms with Gasteiger partial charge in [0.1, 0.15) is 5.82 Å². The number of aliphatic carboxylic acids is 1. The third-order valence-corrected chi connectivity index (χ3v) is 4.76. The molecule has 6 heteroatoms. The van der Waals surface area contributed by atoms with Crippen molar-refractivity contribution in [1.29, 1.82) is 0 Å². The quantitative estimate of drug-likeness (QED) is 0.745. The molecule has 110 valence electrons. The van der Waals surface area contributed by atoms with Crippen molar-refractivity contribution in [1.82, 2.24) is 0 Å².